The van der Waals surface area contributed by atoms with Crippen LogP contribution < -0.4 is 5.32 Å². The van der Waals surface area contributed by atoms with Crippen molar-refractivity contribution in [1.82, 2.24) is 14.9 Å². The van der Waals surface area contributed by atoms with E-state index in [1.165, 1.54) is 0 Å². The Morgan fingerprint density at radius 1 is 1.33 bits per heavy atom. The number of aromatic nitrogens is 2. The second-order valence-electron chi connectivity index (χ2n) is 7.71. The van der Waals surface area contributed by atoms with Crippen LogP contribution in [0.3, 0.4) is 0 Å². The Morgan fingerprint density at radius 2 is 2.07 bits per heavy atom. The first-order valence-electron chi connectivity index (χ1n) is 10.2. The van der Waals surface area contributed by atoms with Crippen LogP contribution in [0, 0.1) is 11.8 Å². The molecular formula is C22H30ClN3O3S. The van der Waals surface area contributed by atoms with E-state index in [0.717, 1.165) is 36.3 Å². The maximum atomic E-state index is 12.6. The summed E-state index contributed by atoms with van der Waals surface area (Å²) >= 11 is 10.7. The molecule has 1 aromatic heterocycles. The first-order chi connectivity index (χ1) is 14.3. The first kappa shape index (κ1) is 24.3. The van der Waals surface area contributed by atoms with E-state index < -0.39 is 5.97 Å². The topological polar surface area (TPSA) is 84.2 Å². The number of nitrogens with one attached hydrogen (secondary N) is 1. The Bertz CT molecular complexity index is 883. The molecule has 0 saturated carbocycles. The summed E-state index contributed by atoms with van der Waals surface area (Å²) in [5, 5.41) is 12.6. The van der Waals surface area contributed by atoms with Gasteiger partial charge >= 0.3 is 5.97 Å². The highest BCUT2D eigenvalue weighted by Crippen LogP contribution is 2.22. The second-order valence-corrected chi connectivity index (χ2v) is 8.43. The fourth-order valence-electron chi connectivity index (χ4n) is 3.27. The average Bonchev–Trinajstić information content (AvgIpc) is 2.99. The number of carboxylic acid groups (broad SMARTS) is 1. The van der Waals surface area contributed by atoms with Crippen molar-refractivity contribution in [2.24, 2.45) is 11.8 Å². The SMILES string of the molecule is CCCCc1nc(Cl)c(CNC(=O)C(CS)C(C)C)n1Cc1cccc(C(=O)O)c1. The number of amides is 1. The molecule has 0 saturated heterocycles. The maximum absolute atomic E-state index is 12.6. The number of aromatic carboxylic acids is 1. The van der Waals surface area contributed by atoms with Crippen molar-refractivity contribution < 1.29 is 14.7 Å². The van der Waals surface area contributed by atoms with Gasteiger partial charge in [0.1, 0.15) is 5.82 Å². The smallest absolute Gasteiger partial charge is 0.335 e. The number of thiol groups is 1. The predicted molar refractivity (Wildman–Crippen MR) is 122 cm³/mol. The van der Waals surface area contributed by atoms with Crippen molar-refractivity contribution in [3.05, 3.63) is 52.1 Å². The molecule has 0 aliphatic rings. The number of nitrogens with zero attached hydrogens (tertiary/aromatic N) is 2. The summed E-state index contributed by atoms with van der Waals surface area (Å²) in [6.45, 7) is 6.79. The molecule has 164 valence electrons. The number of hydrogen-bond acceptors (Lipinski definition) is 4. The molecule has 1 heterocycles. The Hall–Kier alpha value is -1.99. The standard InChI is InChI=1S/C22H30ClN3O3S/c1-4-5-9-19-25-20(23)18(11-24-21(27)17(13-30)14(2)3)26(19)12-15-7-6-8-16(10-15)22(28)29/h6-8,10,14,17,30H,4-5,9,11-13H2,1-3H3,(H,24,27)(H,28,29). The van der Waals surface area contributed by atoms with E-state index in [-0.39, 0.29) is 29.9 Å². The molecule has 0 aliphatic heterocycles. The lowest BCUT2D eigenvalue weighted by Crippen LogP contribution is -2.34. The third-order valence-electron chi connectivity index (χ3n) is 5.14. The number of benzene rings is 1. The molecule has 1 atom stereocenters. The summed E-state index contributed by atoms with van der Waals surface area (Å²) in [6.07, 6.45) is 2.74. The molecule has 2 rings (SSSR count). The molecule has 0 radical (unpaired) electrons. The minimum Gasteiger partial charge on any atom is -0.478 e. The van der Waals surface area contributed by atoms with Crippen molar-refractivity contribution in [2.45, 2.75) is 53.1 Å². The van der Waals surface area contributed by atoms with Gasteiger partial charge in [0.05, 0.1) is 17.8 Å². The van der Waals surface area contributed by atoms with Crippen LogP contribution in [0.2, 0.25) is 5.15 Å². The predicted octanol–water partition coefficient (Wildman–Crippen LogP) is 4.44. The minimum absolute atomic E-state index is 0.0631. The fraction of sp³-hybridized carbons (Fsp3) is 0.500. The molecule has 1 unspecified atom stereocenters. The summed E-state index contributed by atoms with van der Waals surface area (Å²) in [4.78, 5) is 28.4. The molecule has 0 aliphatic carbocycles. The average molecular weight is 452 g/mol. The number of aryl methyl sites for hydroxylation is 1. The van der Waals surface area contributed by atoms with Gasteiger partial charge < -0.3 is 15.0 Å². The Morgan fingerprint density at radius 3 is 2.67 bits per heavy atom. The number of rotatable bonds is 11. The van der Waals surface area contributed by atoms with E-state index in [1.54, 1.807) is 18.2 Å². The van der Waals surface area contributed by atoms with Crippen LogP contribution in [0.1, 0.15) is 61.1 Å². The van der Waals surface area contributed by atoms with E-state index in [1.807, 2.05) is 24.5 Å². The zero-order valence-electron chi connectivity index (χ0n) is 17.7. The lowest BCUT2D eigenvalue weighted by molar-refractivity contribution is -0.125. The molecule has 1 aromatic carbocycles. The maximum Gasteiger partial charge on any atom is 0.335 e. The lowest BCUT2D eigenvalue weighted by Gasteiger charge is -2.19. The molecule has 2 N–H and O–H groups in total. The molecule has 0 fully saturated rings. The van der Waals surface area contributed by atoms with Gasteiger partial charge in [0, 0.05) is 24.6 Å². The van der Waals surface area contributed by atoms with E-state index >= 15 is 0 Å². The van der Waals surface area contributed by atoms with Crippen LogP contribution in [0.4, 0.5) is 0 Å². The van der Waals surface area contributed by atoms with Gasteiger partial charge in [-0.1, -0.05) is 50.9 Å². The third kappa shape index (κ3) is 6.25. The van der Waals surface area contributed by atoms with Crippen LogP contribution in [-0.2, 0) is 24.3 Å². The van der Waals surface area contributed by atoms with Gasteiger partial charge in [-0.3, -0.25) is 4.79 Å². The van der Waals surface area contributed by atoms with Crippen LogP contribution in [-0.4, -0.2) is 32.3 Å². The molecule has 8 heteroatoms. The zero-order valence-corrected chi connectivity index (χ0v) is 19.3. The highest BCUT2D eigenvalue weighted by atomic mass is 35.5. The third-order valence-corrected chi connectivity index (χ3v) is 5.84. The Balaban J connectivity index is 2.31. The Labute approximate surface area is 188 Å². The van der Waals surface area contributed by atoms with Crippen molar-refractivity contribution in [2.75, 3.05) is 5.75 Å². The summed E-state index contributed by atoms with van der Waals surface area (Å²) in [6, 6.07) is 6.82. The van der Waals surface area contributed by atoms with Gasteiger partial charge in [0.2, 0.25) is 5.91 Å². The normalized spacial score (nSPS) is 12.2. The summed E-state index contributed by atoms with van der Waals surface area (Å²) in [5.74, 6) is 0.274. The molecule has 30 heavy (non-hydrogen) atoms. The number of hydrogen-bond donors (Lipinski definition) is 3. The number of carboxylic acids is 1. The quantitative estimate of drug-likeness (QED) is 0.441. The molecule has 1 amide bonds. The van der Waals surface area contributed by atoms with Crippen LogP contribution in [0.5, 0.6) is 0 Å². The first-order valence-corrected chi connectivity index (χ1v) is 11.2. The largest absolute Gasteiger partial charge is 0.478 e. The number of halogens is 1. The monoisotopic (exact) mass is 451 g/mol. The molecule has 2 aromatic rings. The highest BCUT2D eigenvalue weighted by molar-refractivity contribution is 7.80. The van der Waals surface area contributed by atoms with E-state index in [4.69, 9.17) is 11.6 Å². The van der Waals surface area contributed by atoms with Gasteiger partial charge in [-0.25, -0.2) is 9.78 Å². The molecule has 6 nitrogen and oxygen atoms in total. The van der Waals surface area contributed by atoms with Gasteiger partial charge in [-0.15, -0.1) is 0 Å². The summed E-state index contributed by atoms with van der Waals surface area (Å²) in [5.41, 5.74) is 1.79. The van der Waals surface area contributed by atoms with Gasteiger partial charge in [-0.2, -0.15) is 12.6 Å². The van der Waals surface area contributed by atoms with Crippen molar-refractivity contribution >= 4 is 36.1 Å². The van der Waals surface area contributed by atoms with E-state index in [2.05, 4.69) is 29.9 Å². The van der Waals surface area contributed by atoms with Gasteiger partial charge in [0.25, 0.3) is 0 Å². The second kappa shape index (κ2) is 11.4. The fourth-order valence-corrected chi connectivity index (χ4v) is 4.12. The van der Waals surface area contributed by atoms with E-state index in [9.17, 15) is 14.7 Å². The number of carbonyl (C=O) groups excluding carboxylic acids is 1. The van der Waals surface area contributed by atoms with Crippen molar-refractivity contribution in [1.29, 1.82) is 0 Å². The molecule has 0 bridgehead atoms. The Kier molecular flexibility index (Phi) is 9.24. The number of unbranched alkanes of at least 4 members (excludes halogenated alkanes) is 1. The highest BCUT2D eigenvalue weighted by Gasteiger charge is 2.22. The lowest BCUT2D eigenvalue weighted by atomic mass is 9.97. The molecular weight excluding hydrogens is 422 g/mol. The summed E-state index contributed by atoms with van der Waals surface area (Å²) in [7, 11) is 0. The van der Waals surface area contributed by atoms with Crippen LogP contribution in [0.15, 0.2) is 24.3 Å². The zero-order chi connectivity index (χ0) is 22.3. The van der Waals surface area contributed by atoms with Crippen LogP contribution in [0.25, 0.3) is 0 Å². The van der Waals surface area contributed by atoms with Gasteiger partial charge in [-0.05, 0) is 30.0 Å². The van der Waals surface area contributed by atoms with Crippen molar-refractivity contribution in [3.63, 3.8) is 0 Å². The summed E-state index contributed by atoms with van der Waals surface area (Å²) < 4.78 is 1.99. The number of carbonyl (C=O) groups is 2. The molecule has 0 spiro atoms. The number of imidazole rings is 1. The van der Waals surface area contributed by atoms with Crippen molar-refractivity contribution in [3.8, 4) is 0 Å². The van der Waals surface area contributed by atoms with Gasteiger partial charge in [0.15, 0.2) is 5.15 Å². The van der Waals surface area contributed by atoms with E-state index in [0.29, 0.717) is 17.5 Å². The minimum atomic E-state index is -0.967. The van der Waals surface area contributed by atoms with Crippen LogP contribution >= 0.6 is 24.2 Å².